The average Bonchev–Trinajstić information content (AvgIpc) is 2.53. The van der Waals surface area contributed by atoms with Gasteiger partial charge < -0.3 is 0 Å². The van der Waals surface area contributed by atoms with Crippen molar-refractivity contribution in [1.82, 2.24) is 4.72 Å². The van der Waals surface area contributed by atoms with Crippen LogP contribution >= 0.6 is 0 Å². The summed E-state index contributed by atoms with van der Waals surface area (Å²) in [5, 5.41) is 16.6. The first-order valence-electron chi connectivity index (χ1n) is 8.83. The zero-order valence-corrected chi connectivity index (χ0v) is 15.2. The highest BCUT2D eigenvalue weighted by molar-refractivity contribution is 7.90. The molecule has 0 aliphatic carbocycles. The van der Waals surface area contributed by atoms with E-state index in [0.29, 0.717) is 19.4 Å². The van der Waals surface area contributed by atoms with Crippen LogP contribution in [0.5, 0.6) is 0 Å². The van der Waals surface area contributed by atoms with Crippen molar-refractivity contribution in [3.63, 3.8) is 0 Å². The predicted molar refractivity (Wildman–Crippen MR) is 93.0 cm³/mol. The van der Waals surface area contributed by atoms with Gasteiger partial charge in [-0.05, 0) is 19.3 Å². The van der Waals surface area contributed by atoms with Crippen LogP contribution in [0, 0.1) is 22.7 Å². The van der Waals surface area contributed by atoms with E-state index in [-0.39, 0.29) is 0 Å². The third-order valence-electron chi connectivity index (χ3n) is 3.86. The van der Waals surface area contributed by atoms with E-state index in [1.807, 2.05) is 6.07 Å². The summed E-state index contributed by atoms with van der Waals surface area (Å²) in [5.41, 5.74) is 0. The lowest BCUT2D eigenvalue weighted by Gasteiger charge is -2.12. The van der Waals surface area contributed by atoms with E-state index >= 15 is 0 Å². The molecule has 0 aromatic heterocycles. The Morgan fingerprint density at radius 1 is 0.913 bits per heavy atom. The molecule has 0 aromatic carbocycles. The second kappa shape index (κ2) is 14.5. The first-order valence-corrected chi connectivity index (χ1v) is 10.4. The van der Waals surface area contributed by atoms with Gasteiger partial charge in [0.05, 0.1) is 12.1 Å². The van der Waals surface area contributed by atoms with Crippen molar-refractivity contribution in [1.29, 1.82) is 10.5 Å². The Morgan fingerprint density at radius 3 is 2.17 bits per heavy atom. The fourth-order valence-electron chi connectivity index (χ4n) is 2.40. The first-order chi connectivity index (χ1) is 11.1. The zero-order valence-electron chi connectivity index (χ0n) is 14.4. The number of unbranched alkanes of at least 4 members (excludes halogenated alkanes) is 9. The molecule has 0 fully saturated rings. The van der Waals surface area contributed by atoms with Crippen LogP contribution in [0.2, 0.25) is 0 Å². The van der Waals surface area contributed by atoms with Crippen molar-refractivity contribution in [2.45, 2.75) is 89.2 Å². The number of rotatable bonds is 15. The molecule has 23 heavy (non-hydrogen) atoms. The van der Waals surface area contributed by atoms with Crippen molar-refractivity contribution < 1.29 is 8.42 Å². The smallest absolute Gasteiger partial charge is 0.214 e. The van der Waals surface area contributed by atoms with Crippen LogP contribution < -0.4 is 4.72 Å². The number of hydrogen-bond acceptors (Lipinski definition) is 4. The SMILES string of the molecule is CCCCCCCCC(C#N)S(=O)(=O)NCCCCCCC#N. The fraction of sp³-hybridized carbons (Fsp3) is 0.882. The molecule has 0 aromatic rings. The lowest BCUT2D eigenvalue weighted by atomic mass is 10.1. The average molecular weight is 342 g/mol. The minimum absolute atomic E-state index is 0.379. The molecule has 0 spiro atoms. The van der Waals surface area contributed by atoms with E-state index in [1.165, 1.54) is 19.3 Å². The molecule has 0 aliphatic heterocycles. The van der Waals surface area contributed by atoms with Crippen molar-refractivity contribution in [3.05, 3.63) is 0 Å². The molecule has 0 aliphatic rings. The van der Waals surface area contributed by atoms with Gasteiger partial charge in [-0.2, -0.15) is 10.5 Å². The van der Waals surface area contributed by atoms with Gasteiger partial charge in [0.1, 0.15) is 0 Å². The molecule has 1 N–H and O–H groups in total. The van der Waals surface area contributed by atoms with Crippen molar-refractivity contribution >= 4 is 10.0 Å². The molecule has 0 saturated carbocycles. The van der Waals surface area contributed by atoms with Crippen LogP contribution in [0.3, 0.4) is 0 Å². The standard InChI is InChI=1S/C17H31N3O2S/c1-2-3-4-5-7-10-13-17(16-19)23(21,22)20-15-12-9-6-8-11-14-18/h17,20H,2-13,15H2,1H3. The number of hydrogen-bond donors (Lipinski definition) is 1. The van der Waals surface area contributed by atoms with E-state index in [2.05, 4.69) is 17.7 Å². The molecular weight excluding hydrogens is 310 g/mol. The second-order valence-electron chi connectivity index (χ2n) is 5.94. The Bertz CT molecular complexity index is 463. The van der Waals surface area contributed by atoms with Crippen LogP contribution in [-0.4, -0.2) is 20.2 Å². The maximum atomic E-state index is 12.1. The summed E-state index contributed by atoms with van der Waals surface area (Å²) in [6.07, 6.45) is 10.9. The highest BCUT2D eigenvalue weighted by Crippen LogP contribution is 2.12. The van der Waals surface area contributed by atoms with Gasteiger partial charge >= 0.3 is 0 Å². The molecule has 6 heteroatoms. The predicted octanol–water partition coefficient (Wildman–Crippen LogP) is 4.02. The normalized spacial score (nSPS) is 12.5. The Balaban J connectivity index is 3.89. The van der Waals surface area contributed by atoms with Gasteiger partial charge in [-0.15, -0.1) is 0 Å². The van der Waals surface area contributed by atoms with Gasteiger partial charge in [0.15, 0.2) is 5.25 Å². The molecule has 0 amide bonds. The van der Waals surface area contributed by atoms with E-state index in [1.54, 1.807) is 0 Å². The Hall–Kier alpha value is -1.11. The molecule has 0 radical (unpaired) electrons. The summed E-state index contributed by atoms with van der Waals surface area (Å²) in [6.45, 7) is 2.54. The Morgan fingerprint density at radius 2 is 1.52 bits per heavy atom. The zero-order chi connectivity index (χ0) is 17.4. The molecule has 1 atom stereocenters. The Kier molecular flexibility index (Phi) is 13.8. The van der Waals surface area contributed by atoms with Crippen LogP contribution in [0.25, 0.3) is 0 Å². The lowest BCUT2D eigenvalue weighted by Crippen LogP contribution is -2.34. The topological polar surface area (TPSA) is 93.8 Å². The molecule has 1 unspecified atom stereocenters. The quantitative estimate of drug-likeness (QED) is 0.455. The van der Waals surface area contributed by atoms with Gasteiger partial charge in [0.2, 0.25) is 10.0 Å². The second-order valence-corrected chi connectivity index (χ2v) is 7.88. The molecule has 132 valence electrons. The number of nitrogens with zero attached hydrogens (tertiary/aromatic N) is 2. The summed E-state index contributed by atoms with van der Waals surface area (Å²) >= 11 is 0. The summed E-state index contributed by atoms with van der Waals surface area (Å²) in [6, 6.07) is 4.02. The number of nitrogens with one attached hydrogen (secondary N) is 1. The highest BCUT2D eigenvalue weighted by Gasteiger charge is 2.23. The van der Waals surface area contributed by atoms with E-state index in [0.717, 1.165) is 44.9 Å². The monoisotopic (exact) mass is 341 g/mol. The van der Waals surface area contributed by atoms with Gasteiger partial charge in [0.25, 0.3) is 0 Å². The lowest BCUT2D eigenvalue weighted by molar-refractivity contribution is 0.550. The summed E-state index contributed by atoms with van der Waals surface area (Å²) < 4.78 is 26.7. The molecule has 0 heterocycles. The van der Waals surface area contributed by atoms with E-state index < -0.39 is 15.3 Å². The summed E-state index contributed by atoms with van der Waals surface area (Å²) in [7, 11) is -3.53. The van der Waals surface area contributed by atoms with Crippen LogP contribution in [0.15, 0.2) is 0 Å². The van der Waals surface area contributed by atoms with Gasteiger partial charge in [-0.1, -0.05) is 58.3 Å². The number of sulfonamides is 1. The molecular formula is C17H31N3O2S. The molecule has 0 bridgehead atoms. The minimum atomic E-state index is -3.53. The summed E-state index contributed by atoms with van der Waals surface area (Å²) in [5.74, 6) is 0. The van der Waals surface area contributed by atoms with Crippen LogP contribution in [0.1, 0.15) is 84.0 Å². The maximum absolute atomic E-state index is 12.1. The number of nitriles is 2. The summed E-state index contributed by atoms with van der Waals surface area (Å²) in [4.78, 5) is 0. The molecule has 0 rings (SSSR count). The van der Waals surface area contributed by atoms with E-state index in [9.17, 15) is 8.42 Å². The Labute approximate surface area is 142 Å². The largest absolute Gasteiger partial charge is 0.227 e. The van der Waals surface area contributed by atoms with Crippen LogP contribution in [-0.2, 0) is 10.0 Å². The van der Waals surface area contributed by atoms with Gasteiger partial charge in [-0.3, -0.25) is 0 Å². The fourth-order valence-corrected chi connectivity index (χ4v) is 3.64. The van der Waals surface area contributed by atoms with Crippen molar-refractivity contribution in [3.8, 4) is 12.1 Å². The maximum Gasteiger partial charge on any atom is 0.227 e. The molecule has 5 nitrogen and oxygen atoms in total. The van der Waals surface area contributed by atoms with Gasteiger partial charge in [0, 0.05) is 13.0 Å². The molecule has 0 saturated heterocycles. The van der Waals surface area contributed by atoms with Crippen LogP contribution in [0.4, 0.5) is 0 Å². The van der Waals surface area contributed by atoms with Crippen molar-refractivity contribution in [2.75, 3.05) is 6.54 Å². The first kappa shape index (κ1) is 21.9. The van der Waals surface area contributed by atoms with Gasteiger partial charge in [-0.25, -0.2) is 13.1 Å². The minimum Gasteiger partial charge on any atom is -0.214 e. The third-order valence-corrected chi connectivity index (χ3v) is 5.55. The van der Waals surface area contributed by atoms with E-state index in [4.69, 9.17) is 10.5 Å². The third kappa shape index (κ3) is 12.0. The highest BCUT2D eigenvalue weighted by atomic mass is 32.2. The van der Waals surface area contributed by atoms with Crippen molar-refractivity contribution in [2.24, 2.45) is 0 Å².